The molecule has 0 bridgehead atoms. The van der Waals surface area contributed by atoms with Gasteiger partial charge in [0.25, 0.3) is 5.91 Å². The summed E-state index contributed by atoms with van der Waals surface area (Å²) in [7, 11) is 0. The number of benzene rings is 1. The van der Waals surface area contributed by atoms with Gasteiger partial charge in [-0.2, -0.15) is 0 Å². The molecule has 1 heterocycles. The summed E-state index contributed by atoms with van der Waals surface area (Å²) in [5.41, 5.74) is 1.16. The van der Waals surface area contributed by atoms with Crippen molar-refractivity contribution in [3.05, 3.63) is 41.6 Å². The van der Waals surface area contributed by atoms with E-state index in [0.717, 1.165) is 5.56 Å². The Balaban J connectivity index is 2.25. The van der Waals surface area contributed by atoms with Gasteiger partial charge in [0.2, 0.25) is 5.91 Å². The van der Waals surface area contributed by atoms with Crippen molar-refractivity contribution in [2.75, 3.05) is 0 Å². The molecule has 4 nitrogen and oxygen atoms in total. The number of piperazine rings is 1. The lowest BCUT2D eigenvalue weighted by molar-refractivity contribution is -0.130. The molecule has 1 fully saturated rings. The highest BCUT2D eigenvalue weighted by molar-refractivity contribution is 6.07. The number of hydrogen-bond acceptors (Lipinski definition) is 2. The third-order valence-electron chi connectivity index (χ3n) is 2.35. The zero-order chi connectivity index (χ0) is 11.5. The first-order chi connectivity index (χ1) is 7.66. The topological polar surface area (TPSA) is 58.2 Å². The Labute approximate surface area is 93.3 Å². The number of amides is 2. The molecule has 1 saturated heterocycles. The van der Waals surface area contributed by atoms with Crippen molar-refractivity contribution in [2.45, 2.75) is 13.0 Å². The van der Waals surface area contributed by atoms with Gasteiger partial charge in [0.05, 0.1) is 0 Å². The van der Waals surface area contributed by atoms with Crippen LogP contribution >= 0.6 is 0 Å². The first kappa shape index (κ1) is 10.4. The minimum atomic E-state index is -0.472. The van der Waals surface area contributed by atoms with Crippen LogP contribution in [-0.2, 0) is 9.59 Å². The van der Waals surface area contributed by atoms with E-state index in [9.17, 15) is 9.59 Å². The molecule has 1 aliphatic heterocycles. The third kappa shape index (κ3) is 2.11. The lowest BCUT2D eigenvalue weighted by Crippen LogP contribution is -2.53. The van der Waals surface area contributed by atoms with Crippen LogP contribution in [-0.4, -0.2) is 17.9 Å². The van der Waals surface area contributed by atoms with Gasteiger partial charge in [0, 0.05) is 0 Å². The highest BCUT2D eigenvalue weighted by atomic mass is 16.2. The second-order valence-electron chi connectivity index (χ2n) is 3.65. The third-order valence-corrected chi connectivity index (χ3v) is 2.35. The Kier molecular flexibility index (Phi) is 2.72. The average molecular weight is 216 g/mol. The molecule has 0 aromatic heterocycles. The highest BCUT2D eigenvalue weighted by Gasteiger charge is 2.25. The van der Waals surface area contributed by atoms with E-state index in [1.807, 2.05) is 30.3 Å². The van der Waals surface area contributed by atoms with Gasteiger partial charge < -0.3 is 10.6 Å². The highest BCUT2D eigenvalue weighted by Crippen LogP contribution is 2.07. The summed E-state index contributed by atoms with van der Waals surface area (Å²) >= 11 is 0. The Bertz CT molecular complexity index is 451. The molecule has 1 atom stereocenters. The van der Waals surface area contributed by atoms with Crippen molar-refractivity contribution in [1.82, 2.24) is 10.6 Å². The lowest BCUT2D eigenvalue weighted by Gasteiger charge is -2.21. The van der Waals surface area contributed by atoms with Gasteiger partial charge in [-0.15, -0.1) is 0 Å². The van der Waals surface area contributed by atoms with Crippen LogP contribution in [0.3, 0.4) is 0 Å². The van der Waals surface area contributed by atoms with Gasteiger partial charge in [0.15, 0.2) is 0 Å². The van der Waals surface area contributed by atoms with Crippen LogP contribution in [0.1, 0.15) is 12.5 Å². The van der Waals surface area contributed by atoms with Gasteiger partial charge in [-0.25, -0.2) is 0 Å². The maximum absolute atomic E-state index is 11.6. The van der Waals surface area contributed by atoms with Crippen molar-refractivity contribution in [1.29, 1.82) is 0 Å². The van der Waals surface area contributed by atoms with Crippen LogP contribution in [0.2, 0.25) is 0 Å². The monoisotopic (exact) mass is 216 g/mol. The van der Waals surface area contributed by atoms with E-state index in [0.29, 0.717) is 0 Å². The predicted molar refractivity (Wildman–Crippen MR) is 60.2 cm³/mol. The first-order valence-corrected chi connectivity index (χ1v) is 5.05. The van der Waals surface area contributed by atoms with E-state index in [1.165, 1.54) is 0 Å². The summed E-state index contributed by atoms with van der Waals surface area (Å²) < 4.78 is 0. The molecule has 82 valence electrons. The molecular formula is C12H12N2O2. The summed E-state index contributed by atoms with van der Waals surface area (Å²) in [6.45, 7) is 1.65. The first-order valence-electron chi connectivity index (χ1n) is 5.05. The maximum Gasteiger partial charge on any atom is 0.268 e. The van der Waals surface area contributed by atoms with Crippen molar-refractivity contribution in [2.24, 2.45) is 0 Å². The number of carbonyl (C=O) groups is 2. The number of rotatable bonds is 1. The quantitative estimate of drug-likeness (QED) is 0.677. The molecule has 0 spiro atoms. The largest absolute Gasteiger partial charge is 0.339 e. The molecule has 0 saturated carbocycles. The summed E-state index contributed by atoms with van der Waals surface area (Å²) in [4.78, 5) is 22.9. The fourth-order valence-corrected chi connectivity index (χ4v) is 1.46. The van der Waals surface area contributed by atoms with Gasteiger partial charge in [-0.3, -0.25) is 9.59 Å². The van der Waals surface area contributed by atoms with E-state index in [2.05, 4.69) is 10.6 Å². The zero-order valence-corrected chi connectivity index (χ0v) is 8.86. The van der Waals surface area contributed by atoms with E-state index >= 15 is 0 Å². The molecule has 1 aliphatic rings. The van der Waals surface area contributed by atoms with Crippen LogP contribution in [0.25, 0.3) is 6.08 Å². The smallest absolute Gasteiger partial charge is 0.268 e. The average Bonchev–Trinajstić information content (AvgIpc) is 2.27. The van der Waals surface area contributed by atoms with E-state index in [4.69, 9.17) is 0 Å². The van der Waals surface area contributed by atoms with Gasteiger partial charge >= 0.3 is 0 Å². The molecule has 2 rings (SSSR count). The summed E-state index contributed by atoms with van der Waals surface area (Å²) in [6, 6.07) is 8.90. The fraction of sp³-hybridized carbons (Fsp3) is 0.167. The maximum atomic E-state index is 11.6. The van der Waals surface area contributed by atoms with Gasteiger partial charge in [0.1, 0.15) is 11.7 Å². The molecular weight excluding hydrogens is 204 g/mol. The fourth-order valence-electron chi connectivity index (χ4n) is 1.46. The van der Waals surface area contributed by atoms with E-state index < -0.39 is 6.04 Å². The van der Waals surface area contributed by atoms with Crippen molar-refractivity contribution >= 4 is 17.9 Å². The van der Waals surface area contributed by atoms with Crippen LogP contribution in [0.5, 0.6) is 0 Å². The second kappa shape index (κ2) is 4.18. The van der Waals surface area contributed by atoms with E-state index in [1.54, 1.807) is 13.0 Å². The Hall–Kier alpha value is -2.10. The molecule has 1 aromatic carbocycles. The molecule has 2 N–H and O–H groups in total. The van der Waals surface area contributed by atoms with Crippen molar-refractivity contribution in [3.63, 3.8) is 0 Å². The zero-order valence-electron chi connectivity index (χ0n) is 8.86. The Morgan fingerprint density at radius 1 is 1.19 bits per heavy atom. The number of hydrogen-bond donors (Lipinski definition) is 2. The molecule has 4 heteroatoms. The van der Waals surface area contributed by atoms with Gasteiger partial charge in [-0.1, -0.05) is 30.3 Å². The molecule has 2 amide bonds. The van der Waals surface area contributed by atoms with Crippen LogP contribution < -0.4 is 10.6 Å². The SMILES string of the molecule is CC1NC(=O)C(=Cc2ccccc2)NC1=O. The van der Waals surface area contributed by atoms with Gasteiger partial charge in [-0.05, 0) is 18.6 Å². The van der Waals surface area contributed by atoms with Crippen LogP contribution in [0.4, 0.5) is 0 Å². The predicted octanol–water partition coefficient (Wildman–Crippen LogP) is 0.662. The second-order valence-corrected chi connectivity index (χ2v) is 3.65. The summed E-state index contributed by atoms with van der Waals surface area (Å²) in [5.74, 6) is -0.447. The minimum absolute atomic E-state index is 0.193. The summed E-state index contributed by atoms with van der Waals surface area (Å²) in [6.07, 6.45) is 1.65. The molecule has 0 aliphatic carbocycles. The molecule has 16 heavy (non-hydrogen) atoms. The number of nitrogens with one attached hydrogen (secondary N) is 2. The van der Waals surface area contributed by atoms with Crippen LogP contribution in [0.15, 0.2) is 36.0 Å². The molecule has 1 aromatic rings. The Morgan fingerprint density at radius 2 is 1.88 bits per heavy atom. The minimum Gasteiger partial charge on any atom is -0.339 e. The Morgan fingerprint density at radius 3 is 2.56 bits per heavy atom. The molecule has 1 unspecified atom stereocenters. The molecule has 0 radical (unpaired) electrons. The lowest BCUT2D eigenvalue weighted by atomic mass is 10.1. The van der Waals surface area contributed by atoms with Crippen molar-refractivity contribution < 1.29 is 9.59 Å². The summed E-state index contributed by atoms with van der Waals surface area (Å²) in [5, 5.41) is 5.15. The standard InChI is InChI=1S/C12H12N2O2/c1-8-11(15)14-10(12(16)13-8)7-9-5-3-2-4-6-9/h2-8H,1H3,(H,13,16)(H,14,15). The van der Waals surface area contributed by atoms with Crippen LogP contribution in [0, 0.1) is 0 Å². The number of carbonyl (C=O) groups excluding carboxylic acids is 2. The van der Waals surface area contributed by atoms with Crippen molar-refractivity contribution in [3.8, 4) is 0 Å². The normalized spacial score (nSPS) is 22.8. The van der Waals surface area contributed by atoms with E-state index in [-0.39, 0.29) is 17.5 Å².